The molecule has 1 N–H and O–H groups in total. The van der Waals surface area contributed by atoms with Gasteiger partial charge < -0.3 is 5.32 Å². The molecule has 0 aliphatic carbocycles. The average Bonchev–Trinajstić information content (AvgIpc) is 2.74. The highest BCUT2D eigenvalue weighted by atomic mass is 127. The summed E-state index contributed by atoms with van der Waals surface area (Å²) < 4.78 is 1.09. The molecule has 0 unspecified atom stereocenters. The average molecular weight is 453 g/mol. The quantitative estimate of drug-likeness (QED) is 0.557. The highest BCUT2D eigenvalue weighted by Gasteiger charge is 2.39. The van der Waals surface area contributed by atoms with Crippen molar-refractivity contribution in [1.82, 2.24) is 0 Å². The van der Waals surface area contributed by atoms with Gasteiger partial charge in [0.1, 0.15) is 10.7 Å². The predicted octanol–water partition coefficient (Wildman–Crippen LogP) is 4.34. The zero-order chi connectivity index (χ0) is 17.4. The summed E-state index contributed by atoms with van der Waals surface area (Å²) in [6.45, 7) is 3.87. The Labute approximate surface area is 158 Å². The van der Waals surface area contributed by atoms with E-state index in [4.69, 9.17) is 11.6 Å². The molecule has 2 aromatic carbocycles. The van der Waals surface area contributed by atoms with Crippen molar-refractivity contribution in [2.75, 3.05) is 10.2 Å². The van der Waals surface area contributed by atoms with Crippen LogP contribution in [0.2, 0.25) is 0 Å². The van der Waals surface area contributed by atoms with Crippen molar-refractivity contribution in [2.45, 2.75) is 13.8 Å². The largest absolute Gasteiger partial charge is 0.349 e. The molecule has 0 bridgehead atoms. The first-order chi connectivity index (χ1) is 11.4. The zero-order valence-corrected chi connectivity index (χ0v) is 16.0. The van der Waals surface area contributed by atoms with Gasteiger partial charge in [-0.05, 0) is 72.3 Å². The lowest BCUT2D eigenvalue weighted by molar-refractivity contribution is -0.120. The van der Waals surface area contributed by atoms with Crippen molar-refractivity contribution in [2.24, 2.45) is 0 Å². The number of benzene rings is 2. The number of carbonyl (C=O) groups excluding carboxylic acids is 2. The van der Waals surface area contributed by atoms with Crippen LogP contribution in [0.3, 0.4) is 0 Å². The van der Waals surface area contributed by atoms with Crippen molar-refractivity contribution in [1.29, 1.82) is 0 Å². The number of halogens is 2. The molecule has 6 heteroatoms. The Morgan fingerprint density at radius 3 is 2.29 bits per heavy atom. The number of hydrogen-bond acceptors (Lipinski definition) is 3. The molecule has 2 amide bonds. The molecule has 0 saturated carbocycles. The standard InChI is InChI=1S/C18H14ClIN2O2/c1-10-3-6-13(7-4-10)22-17(23)15(19)16(18(22)24)21-14-8-5-12(20)9-11(14)2/h3-9,21H,1-2H3. The van der Waals surface area contributed by atoms with E-state index in [0.717, 1.165) is 25.3 Å². The highest BCUT2D eigenvalue weighted by molar-refractivity contribution is 14.1. The summed E-state index contributed by atoms with van der Waals surface area (Å²) in [5, 5.41) is 2.91. The summed E-state index contributed by atoms with van der Waals surface area (Å²) in [7, 11) is 0. The van der Waals surface area contributed by atoms with Gasteiger partial charge in [-0.25, -0.2) is 4.90 Å². The van der Waals surface area contributed by atoms with E-state index < -0.39 is 11.8 Å². The lowest BCUT2D eigenvalue weighted by atomic mass is 10.2. The van der Waals surface area contributed by atoms with Gasteiger partial charge in [-0.3, -0.25) is 9.59 Å². The first kappa shape index (κ1) is 17.0. The van der Waals surface area contributed by atoms with Gasteiger partial charge in [0.25, 0.3) is 11.8 Å². The Hall–Kier alpha value is -1.86. The third-order valence-electron chi connectivity index (χ3n) is 3.77. The van der Waals surface area contributed by atoms with Gasteiger partial charge in [-0.1, -0.05) is 29.3 Å². The van der Waals surface area contributed by atoms with E-state index in [1.54, 1.807) is 12.1 Å². The van der Waals surface area contributed by atoms with Gasteiger partial charge in [0.05, 0.1) is 5.69 Å². The number of carbonyl (C=O) groups is 2. The number of nitrogens with one attached hydrogen (secondary N) is 1. The molecule has 0 atom stereocenters. The molecule has 0 saturated heterocycles. The van der Waals surface area contributed by atoms with Crippen LogP contribution in [0.15, 0.2) is 53.2 Å². The molecule has 1 aliphatic heterocycles. The number of aryl methyl sites for hydroxylation is 2. The van der Waals surface area contributed by atoms with Crippen LogP contribution in [-0.2, 0) is 9.59 Å². The molecule has 0 aromatic heterocycles. The lowest BCUT2D eigenvalue weighted by Crippen LogP contribution is -2.32. The maximum atomic E-state index is 12.7. The molecule has 0 radical (unpaired) electrons. The van der Waals surface area contributed by atoms with Gasteiger partial charge in [-0.2, -0.15) is 0 Å². The summed E-state index contributed by atoms with van der Waals surface area (Å²) in [4.78, 5) is 26.2. The number of anilines is 2. The minimum absolute atomic E-state index is 0.0986. The normalized spacial score (nSPS) is 14.6. The summed E-state index contributed by atoms with van der Waals surface area (Å²) in [5.41, 5.74) is 3.37. The number of nitrogens with zero attached hydrogens (tertiary/aromatic N) is 1. The van der Waals surface area contributed by atoms with Crippen molar-refractivity contribution >= 4 is 57.4 Å². The molecule has 0 fully saturated rings. The number of amides is 2. The van der Waals surface area contributed by atoms with Gasteiger partial charge in [-0.15, -0.1) is 0 Å². The molecule has 2 aromatic rings. The second-order valence-electron chi connectivity index (χ2n) is 5.55. The van der Waals surface area contributed by atoms with Crippen LogP contribution >= 0.6 is 34.2 Å². The Kier molecular flexibility index (Phi) is 4.64. The molecule has 122 valence electrons. The summed E-state index contributed by atoms with van der Waals surface area (Å²) in [5.74, 6) is -0.969. The zero-order valence-electron chi connectivity index (χ0n) is 13.1. The molecular weight excluding hydrogens is 439 g/mol. The van der Waals surface area contributed by atoms with E-state index in [-0.39, 0.29) is 10.7 Å². The lowest BCUT2D eigenvalue weighted by Gasteiger charge is -2.15. The third-order valence-corrected chi connectivity index (χ3v) is 4.79. The summed E-state index contributed by atoms with van der Waals surface area (Å²) in [6.07, 6.45) is 0. The van der Waals surface area contributed by atoms with Crippen LogP contribution < -0.4 is 10.2 Å². The van der Waals surface area contributed by atoms with Gasteiger partial charge >= 0.3 is 0 Å². The Balaban J connectivity index is 1.93. The van der Waals surface area contributed by atoms with E-state index in [1.807, 2.05) is 44.2 Å². The van der Waals surface area contributed by atoms with Crippen LogP contribution in [0.4, 0.5) is 11.4 Å². The number of hydrogen-bond donors (Lipinski definition) is 1. The van der Waals surface area contributed by atoms with Crippen LogP contribution in [0.5, 0.6) is 0 Å². The van der Waals surface area contributed by atoms with E-state index >= 15 is 0 Å². The number of rotatable bonds is 3. The fraction of sp³-hybridized carbons (Fsp3) is 0.111. The highest BCUT2D eigenvalue weighted by Crippen LogP contribution is 2.31. The Morgan fingerprint density at radius 2 is 1.67 bits per heavy atom. The predicted molar refractivity (Wildman–Crippen MR) is 104 cm³/mol. The van der Waals surface area contributed by atoms with Crippen LogP contribution in [-0.4, -0.2) is 11.8 Å². The molecule has 0 spiro atoms. The fourth-order valence-corrected chi connectivity index (χ4v) is 3.30. The van der Waals surface area contributed by atoms with Crippen molar-refractivity contribution in [3.8, 4) is 0 Å². The second-order valence-corrected chi connectivity index (χ2v) is 7.18. The fourth-order valence-electron chi connectivity index (χ4n) is 2.44. The molecular formula is C18H14ClIN2O2. The maximum Gasteiger partial charge on any atom is 0.283 e. The SMILES string of the molecule is Cc1ccc(N2C(=O)C(Cl)=C(Nc3ccc(I)cc3C)C2=O)cc1. The topological polar surface area (TPSA) is 49.4 Å². The monoisotopic (exact) mass is 452 g/mol. The number of imide groups is 1. The van der Waals surface area contributed by atoms with Crippen LogP contribution in [0.1, 0.15) is 11.1 Å². The Morgan fingerprint density at radius 1 is 1.00 bits per heavy atom. The molecule has 4 nitrogen and oxygen atoms in total. The van der Waals surface area contributed by atoms with E-state index in [1.165, 1.54) is 0 Å². The van der Waals surface area contributed by atoms with E-state index in [0.29, 0.717) is 5.69 Å². The summed E-state index contributed by atoms with van der Waals surface area (Å²) in [6, 6.07) is 12.9. The van der Waals surface area contributed by atoms with Gasteiger partial charge in [0, 0.05) is 9.26 Å². The van der Waals surface area contributed by atoms with E-state index in [9.17, 15) is 9.59 Å². The van der Waals surface area contributed by atoms with Crippen LogP contribution in [0.25, 0.3) is 0 Å². The Bertz CT molecular complexity index is 875. The smallest absolute Gasteiger partial charge is 0.283 e. The summed E-state index contributed by atoms with van der Waals surface area (Å²) >= 11 is 8.35. The minimum atomic E-state index is -0.517. The van der Waals surface area contributed by atoms with Crippen molar-refractivity contribution in [3.63, 3.8) is 0 Å². The van der Waals surface area contributed by atoms with E-state index in [2.05, 4.69) is 27.9 Å². The first-order valence-corrected chi connectivity index (χ1v) is 8.72. The van der Waals surface area contributed by atoms with Crippen molar-refractivity contribution in [3.05, 3.63) is 67.9 Å². The van der Waals surface area contributed by atoms with Gasteiger partial charge in [0.2, 0.25) is 0 Å². The maximum absolute atomic E-state index is 12.7. The third kappa shape index (κ3) is 3.06. The van der Waals surface area contributed by atoms with Gasteiger partial charge in [0.15, 0.2) is 0 Å². The molecule has 3 rings (SSSR count). The first-order valence-electron chi connectivity index (χ1n) is 7.27. The molecule has 1 aliphatic rings. The molecule has 24 heavy (non-hydrogen) atoms. The molecule has 1 heterocycles. The minimum Gasteiger partial charge on any atom is -0.349 e. The van der Waals surface area contributed by atoms with Crippen LogP contribution in [0, 0.1) is 17.4 Å². The van der Waals surface area contributed by atoms with Crippen molar-refractivity contribution < 1.29 is 9.59 Å². The second kappa shape index (κ2) is 6.57.